The van der Waals surface area contributed by atoms with Gasteiger partial charge < -0.3 is 28.8 Å². The molecule has 1 aliphatic rings. The predicted molar refractivity (Wildman–Crippen MR) is 137 cm³/mol. The van der Waals surface area contributed by atoms with Crippen molar-refractivity contribution in [1.82, 2.24) is 19.1 Å². The molecule has 0 atom stereocenters. The number of phenolic OH excluding ortho intramolecular Hbond substituents is 2. The zero-order valence-corrected chi connectivity index (χ0v) is 19.8. The van der Waals surface area contributed by atoms with Gasteiger partial charge in [-0.05, 0) is 35.4 Å². The van der Waals surface area contributed by atoms with Gasteiger partial charge in [-0.15, -0.1) is 0 Å². The lowest BCUT2D eigenvalue weighted by molar-refractivity contribution is 0.101. The van der Waals surface area contributed by atoms with Gasteiger partial charge in [0.1, 0.15) is 40.8 Å². The van der Waals surface area contributed by atoms with Crippen LogP contribution in [0.2, 0.25) is 0 Å². The van der Waals surface area contributed by atoms with E-state index >= 15 is 0 Å². The van der Waals surface area contributed by atoms with Crippen LogP contribution in [-0.4, -0.2) is 41.7 Å². The second-order valence-corrected chi connectivity index (χ2v) is 8.70. The lowest BCUT2D eigenvalue weighted by atomic mass is 10.0. The molecular weight excluding hydrogens is 472 g/mol. The molecule has 6 rings (SSSR count). The summed E-state index contributed by atoms with van der Waals surface area (Å²) in [6.07, 6.45) is 10.6. The molecule has 5 aromatic rings. The number of carbonyl (C=O) groups excluding carboxylic acids is 1. The normalized spacial score (nSPS) is 13.8. The average molecular weight is 495 g/mol. The summed E-state index contributed by atoms with van der Waals surface area (Å²) >= 11 is 0. The highest BCUT2D eigenvalue weighted by atomic mass is 16.5. The number of imidazole rings is 1. The van der Waals surface area contributed by atoms with Crippen molar-refractivity contribution >= 4 is 22.9 Å². The molecule has 0 unspecified atom stereocenters. The van der Waals surface area contributed by atoms with E-state index < -0.39 is 5.78 Å². The maximum absolute atomic E-state index is 13.0. The summed E-state index contributed by atoms with van der Waals surface area (Å²) in [6.45, 7) is 1.23. The van der Waals surface area contributed by atoms with Crippen LogP contribution in [0.3, 0.4) is 0 Å². The van der Waals surface area contributed by atoms with Crippen LogP contribution < -0.4 is 9.47 Å². The van der Waals surface area contributed by atoms with Crippen molar-refractivity contribution in [2.45, 2.75) is 6.54 Å². The van der Waals surface area contributed by atoms with E-state index in [4.69, 9.17) is 9.47 Å². The van der Waals surface area contributed by atoms with E-state index in [9.17, 15) is 15.0 Å². The van der Waals surface area contributed by atoms with E-state index in [-0.39, 0.29) is 28.6 Å². The Morgan fingerprint density at radius 1 is 1.11 bits per heavy atom. The highest BCUT2D eigenvalue weighted by molar-refractivity contribution is 6.17. The van der Waals surface area contributed by atoms with Gasteiger partial charge in [0, 0.05) is 54.9 Å². The summed E-state index contributed by atoms with van der Waals surface area (Å²) < 4.78 is 15.4. The van der Waals surface area contributed by atoms with Gasteiger partial charge in [-0.3, -0.25) is 4.79 Å². The van der Waals surface area contributed by atoms with Gasteiger partial charge in [0.2, 0.25) is 5.78 Å². The van der Waals surface area contributed by atoms with Crippen molar-refractivity contribution in [3.05, 3.63) is 90.5 Å². The first-order valence-electron chi connectivity index (χ1n) is 11.6. The van der Waals surface area contributed by atoms with Crippen molar-refractivity contribution in [1.29, 1.82) is 0 Å². The van der Waals surface area contributed by atoms with E-state index in [1.807, 2.05) is 58.9 Å². The Morgan fingerprint density at radius 3 is 2.73 bits per heavy atom. The van der Waals surface area contributed by atoms with Gasteiger partial charge in [0.05, 0.1) is 12.9 Å². The molecule has 4 heterocycles. The number of ether oxygens (including phenoxy) is 2. The number of phenols is 2. The van der Waals surface area contributed by atoms with Crippen LogP contribution in [0.4, 0.5) is 0 Å². The maximum atomic E-state index is 13.0. The Labute approximate surface area is 211 Å². The Hall–Kier alpha value is -5.05. The van der Waals surface area contributed by atoms with Crippen LogP contribution in [0.25, 0.3) is 28.2 Å². The molecule has 0 aliphatic carbocycles. The molecule has 2 aromatic carbocycles. The third-order valence-electron chi connectivity index (χ3n) is 6.25. The molecule has 0 radical (unpaired) electrons. The van der Waals surface area contributed by atoms with Crippen LogP contribution in [0.15, 0.2) is 79.3 Å². The zero-order chi connectivity index (χ0) is 25.5. The lowest BCUT2D eigenvalue weighted by Gasteiger charge is -2.09. The molecule has 1 aliphatic heterocycles. The van der Waals surface area contributed by atoms with E-state index in [1.165, 1.54) is 6.07 Å². The Morgan fingerprint density at radius 2 is 1.95 bits per heavy atom. The Balaban J connectivity index is 1.32. The molecule has 9 heteroatoms. The molecule has 0 amide bonds. The SMILES string of the molecule is Cn1cc(/C=C2\Oc3cc(O)cc(O)c3C2=O)c2c(-c3ccc(OCCn4ccnc4)cc3)ccnc21. The van der Waals surface area contributed by atoms with Gasteiger partial charge in [-0.1, -0.05) is 12.1 Å². The largest absolute Gasteiger partial charge is 0.508 e. The monoisotopic (exact) mass is 494 g/mol. The number of aryl methyl sites for hydroxylation is 1. The number of nitrogens with zero attached hydrogens (tertiary/aromatic N) is 4. The molecule has 37 heavy (non-hydrogen) atoms. The van der Waals surface area contributed by atoms with E-state index in [0.717, 1.165) is 39.5 Å². The van der Waals surface area contributed by atoms with Gasteiger partial charge in [0.15, 0.2) is 5.76 Å². The molecular formula is C28H22N4O5. The number of carbonyl (C=O) groups is 1. The molecule has 0 spiro atoms. The summed E-state index contributed by atoms with van der Waals surface area (Å²) in [5.41, 5.74) is 3.41. The fraction of sp³-hybridized carbons (Fsp3) is 0.107. The lowest BCUT2D eigenvalue weighted by Crippen LogP contribution is -2.06. The molecule has 0 fully saturated rings. The molecule has 0 saturated carbocycles. The average Bonchev–Trinajstić information content (AvgIpc) is 3.59. The first-order chi connectivity index (χ1) is 18.0. The van der Waals surface area contributed by atoms with Crippen LogP contribution in [0, 0.1) is 0 Å². The molecule has 2 N–H and O–H groups in total. The topological polar surface area (TPSA) is 112 Å². The Kier molecular flexibility index (Phi) is 5.37. The van der Waals surface area contributed by atoms with Gasteiger partial charge >= 0.3 is 0 Å². The minimum Gasteiger partial charge on any atom is -0.508 e. The number of pyridine rings is 1. The number of hydrogen-bond donors (Lipinski definition) is 2. The second kappa shape index (κ2) is 8.87. The number of fused-ring (bicyclic) bond motifs is 2. The minimum absolute atomic E-state index is 0.0336. The molecule has 3 aromatic heterocycles. The van der Waals surface area contributed by atoms with E-state index in [0.29, 0.717) is 13.2 Å². The number of allylic oxidation sites excluding steroid dienone is 1. The minimum atomic E-state index is -0.452. The van der Waals surface area contributed by atoms with Gasteiger partial charge in [-0.25, -0.2) is 9.97 Å². The highest BCUT2D eigenvalue weighted by Gasteiger charge is 2.31. The molecule has 9 nitrogen and oxygen atoms in total. The van der Waals surface area contributed by atoms with Gasteiger partial charge in [-0.2, -0.15) is 0 Å². The summed E-state index contributed by atoms with van der Waals surface area (Å²) in [6, 6.07) is 12.2. The first-order valence-corrected chi connectivity index (χ1v) is 11.6. The smallest absolute Gasteiger partial charge is 0.235 e. The number of rotatable bonds is 6. The fourth-order valence-electron chi connectivity index (χ4n) is 4.53. The number of ketones is 1. The van der Waals surface area contributed by atoms with E-state index in [1.54, 1.807) is 24.8 Å². The zero-order valence-electron chi connectivity index (χ0n) is 19.8. The molecule has 0 saturated heterocycles. The summed E-state index contributed by atoms with van der Waals surface area (Å²) in [5.74, 6) is -0.0228. The predicted octanol–water partition coefficient (Wildman–Crippen LogP) is 4.54. The number of hydrogen-bond acceptors (Lipinski definition) is 7. The van der Waals surface area contributed by atoms with Crippen LogP contribution in [0.1, 0.15) is 15.9 Å². The van der Waals surface area contributed by atoms with Crippen molar-refractivity contribution in [3.63, 3.8) is 0 Å². The van der Waals surface area contributed by atoms with Crippen LogP contribution >= 0.6 is 0 Å². The van der Waals surface area contributed by atoms with Gasteiger partial charge in [0.25, 0.3) is 0 Å². The highest BCUT2D eigenvalue weighted by Crippen LogP contribution is 2.41. The van der Waals surface area contributed by atoms with Crippen LogP contribution in [-0.2, 0) is 13.6 Å². The van der Waals surface area contributed by atoms with E-state index in [2.05, 4.69) is 9.97 Å². The van der Waals surface area contributed by atoms with Crippen molar-refractivity contribution in [2.24, 2.45) is 7.05 Å². The quantitative estimate of drug-likeness (QED) is 0.333. The summed E-state index contributed by atoms with van der Waals surface area (Å²) in [5, 5.41) is 20.8. The van der Waals surface area contributed by atoms with Crippen molar-refractivity contribution in [3.8, 4) is 34.1 Å². The molecule has 0 bridgehead atoms. The van der Waals surface area contributed by atoms with Crippen LogP contribution in [0.5, 0.6) is 23.0 Å². The van der Waals surface area contributed by atoms with Crippen molar-refractivity contribution < 1.29 is 24.5 Å². The standard InChI is InChI=1S/C28H22N4O5/c1-31-15-18(12-24-27(35)26-22(34)13-19(33)14-23(26)37-24)25-21(6-7-30-28(25)31)17-2-4-20(5-3-17)36-11-10-32-9-8-29-16-32/h2-9,12-16,33-34H,10-11H2,1H3/b24-12-. The number of benzene rings is 2. The molecule has 184 valence electrons. The summed E-state index contributed by atoms with van der Waals surface area (Å²) in [7, 11) is 1.88. The number of aromatic hydroxyl groups is 2. The first kappa shape index (κ1) is 22.4. The third kappa shape index (κ3) is 4.06. The maximum Gasteiger partial charge on any atom is 0.235 e. The fourth-order valence-corrected chi connectivity index (χ4v) is 4.53. The third-order valence-corrected chi connectivity index (χ3v) is 6.25. The van der Waals surface area contributed by atoms with Crippen molar-refractivity contribution in [2.75, 3.05) is 6.61 Å². The second-order valence-electron chi connectivity index (χ2n) is 8.70. The number of aromatic nitrogens is 4. The Bertz CT molecular complexity index is 1670. The number of Topliss-reactive ketones (excluding diaryl/α,β-unsaturated/α-hetero) is 1. The summed E-state index contributed by atoms with van der Waals surface area (Å²) in [4.78, 5) is 21.5.